The quantitative estimate of drug-likeness (QED) is 0.674. The van der Waals surface area contributed by atoms with Gasteiger partial charge in [-0.25, -0.2) is 0 Å². The monoisotopic (exact) mass is 322 g/mol. The van der Waals surface area contributed by atoms with Crippen LogP contribution < -0.4 is 10.1 Å². The van der Waals surface area contributed by atoms with Crippen molar-refractivity contribution in [1.82, 2.24) is 10.3 Å². The van der Waals surface area contributed by atoms with Gasteiger partial charge in [-0.15, -0.1) is 0 Å². The molecule has 124 valence electrons. The van der Waals surface area contributed by atoms with E-state index in [-0.39, 0.29) is 11.8 Å². The van der Waals surface area contributed by atoms with Gasteiger partial charge in [-0.2, -0.15) is 0 Å². The molecule has 4 rings (SSSR count). The van der Waals surface area contributed by atoms with Crippen LogP contribution in [-0.4, -0.2) is 23.7 Å². The minimum absolute atomic E-state index is 0.0790. The maximum absolute atomic E-state index is 9.86. The standard InChI is InChI=1S/C20H22N2O2/c1-11-8-12(2)18-14-6-7-21-19(20(14)22-15(18)9-11)13-4-5-16(23)17(10-13)24-3/h4-5,8-10,19,21-23H,6-7H2,1-3H3. The Morgan fingerprint density at radius 3 is 2.79 bits per heavy atom. The number of methoxy groups -OCH3 is 1. The van der Waals surface area contributed by atoms with Crippen molar-refractivity contribution in [2.75, 3.05) is 13.7 Å². The number of hydrogen-bond acceptors (Lipinski definition) is 3. The van der Waals surface area contributed by atoms with E-state index in [1.165, 1.54) is 33.3 Å². The lowest BCUT2D eigenvalue weighted by atomic mass is 9.92. The third-order valence-corrected chi connectivity index (χ3v) is 4.93. The molecule has 1 aliphatic rings. The van der Waals surface area contributed by atoms with Gasteiger partial charge in [0.1, 0.15) is 0 Å². The lowest BCUT2D eigenvalue weighted by Crippen LogP contribution is -2.30. The van der Waals surface area contributed by atoms with E-state index in [1.54, 1.807) is 13.2 Å². The second-order valence-electron chi connectivity index (χ2n) is 6.59. The van der Waals surface area contributed by atoms with Gasteiger partial charge in [-0.1, -0.05) is 12.1 Å². The first kappa shape index (κ1) is 15.1. The SMILES string of the molecule is COc1cc(C2NCCc3c2[nH]c2cc(C)cc(C)c32)ccc1O. The number of nitrogens with one attached hydrogen (secondary N) is 2. The molecule has 0 saturated carbocycles. The Labute approximate surface area is 141 Å². The van der Waals surface area contributed by atoms with Crippen LogP contribution in [0.25, 0.3) is 10.9 Å². The summed E-state index contributed by atoms with van der Waals surface area (Å²) in [7, 11) is 1.58. The smallest absolute Gasteiger partial charge is 0.160 e. The zero-order valence-electron chi connectivity index (χ0n) is 14.2. The Bertz CT molecular complexity index is 927. The minimum Gasteiger partial charge on any atom is -0.504 e. The number of ether oxygens (including phenoxy) is 1. The summed E-state index contributed by atoms with van der Waals surface area (Å²) < 4.78 is 5.27. The highest BCUT2D eigenvalue weighted by molar-refractivity contribution is 5.89. The number of rotatable bonds is 2. The summed E-state index contributed by atoms with van der Waals surface area (Å²) in [5, 5.41) is 14.8. The predicted octanol–water partition coefficient (Wildman–Crippen LogP) is 3.73. The number of phenols is 1. The second-order valence-corrected chi connectivity index (χ2v) is 6.59. The molecule has 2 aromatic carbocycles. The Morgan fingerprint density at radius 1 is 1.17 bits per heavy atom. The van der Waals surface area contributed by atoms with Crippen LogP contribution in [0.2, 0.25) is 0 Å². The Hall–Kier alpha value is -2.46. The van der Waals surface area contributed by atoms with Crippen molar-refractivity contribution in [2.45, 2.75) is 26.3 Å². The van der Waals surface area contributed by atoms with Crippen molar-refractivity contribution in [1.29, 1.82) is 0 Å². The fraction of sp³-hybridized carbons (Fsp3) is 0.300. The molecule has 1 unspecified atom stereocenters. The molecular weight excluding hydrogens is 300 g/mol. The largest absolute Gasteiger partial charge is 0.504 e. The van der Waals surface area contributed by atoms with E-state index in [0.29, 0.717) is 5.75 Å². The van der Waals surface area contributed by atoms with Gasteiger partial charge < -0.3 is 20.1 Å². The molecule has 2 heterocycles. The number of phenolic OH excluding ortho intramolecular Hbond substituents is 1. The summed E-state index contributed by atoms with van der Waals surface area (Å²) in [5.74, 6) is 0.671. The van der Waals surface area contributed by atoms with Gasteiger partial charge in [0.15, 0.2) is 11.5 Å². The van der Waals surface area contributed by atoms with Gasteiger partial charge in [0.25, 0.3) is 0 Å². The van der Waals surface area contributed by atoms with Crippen LogP contribution in [0.4, 0.5) is 0 Å². The lowest BCUT2D eigenvalue weighted by Gasteiger charge is -2.25. The van der Waals surface area contributed by atoms with Crippen LogP contribution in [0.5, 0.6) is 11.5 Å². The molecule has 0 radical (unpaired) electrons. The molecule has 4 nitrogen and oxygen atoms in total. The number of aromatic hydroxyl groups is 1. The molecule has 0 aliphatic carbocycles. The highest BCUT2D eigenvalue weighted by Gasteiger charge is 2.26. The number of aromatic amines is 1. The molecule has 3 aromatic rings. The first-order chi connectivity index (χ1) is 11.6. The summed E-state index contributed by atoms with van der Waals surface area (Å²) in [6.45, 7) is 5.25. The Balaban J connectivity index is 1.89. The van der Waals surface area contributed by atoms with Gasteiger partial charge in [0, 0.05) is 23.1 Å². The average molecular weight is 322 g/mol. The highest BCUT2D eigenvalue weighted by Crippen LogP contribution is 2.37. The molecule has 24 heavy (non-hydrogen) atoms. The molecule has 0 fully saturated rings. The molecule has 4 heteroatoms. The van der Waals surface area contributed by atoms with Gasteiger partial charge in [-0.05, 0) is 60.7 Å². The number of benzene rings is 2. The van der Waals surface area contributed by atoms with E-state index in [2.05, 4.69) is 36.3 Å². The Morgan fingerprint density at radius 2 is 2.00 bits per heavy atom. The molecule has 0 bridgehead atoms. The van der Waals surface area contributed by atoms with Gasteiger partial charge in [0.2, 0.25) is 0 Å². The molecule has 0 amide bonds. The molecule has 0 saturated heterocycles. The second kappa shape index (κ2) is 5.56. The van der Waals surface area contributed by atoms with Crippen LogP contribution in [-0.2, 0) is 6.42 Å². The molecule has 0 spiro atoms. The maximum atomic E-state index is 9.86. The van der Waals surface area contributed by atoms with Gasteiger partial charge in [-0.3, -0.25) is 0 Å². The number of aromatic nitrogens is 1. The van der Waals surface area contributed by atoms with E-state index >= 15 is 0 Å². The summed E-state index contributed by atoms with van der Waals surface area (Å²) >= 11 is 0. The van der Waals surface area contributed by atoms with Gasteiger partial charge in [0.05, 0.1) is 13.2 Å². The van der Waals surface area contributed by atoms with Crippen molar-refractivity contribution < 1.29 is 9.84 Å². The third-order valence-electron chi connectivity index (χ3n) is 4.93. The van der Waals surface area contributed by atoms with E-state index < -0.39 is 0 Å². The minimum atomic E-state index is 0.0790. The third kappa shape index (κ3) is 2.26. The normalized spacial score (nSPS) is 17.0. The van der Waals surface area contributed by atoms with Crippen molar-refractivity contribution in [2.24, 2.45) is 0 Å². The van der Waals surface area contributed by atoms with Crippen LogP contribution in [0, 0.1) is 13.8 Å². The van der Waals surface area contributed by atoms with Gasteiger partial charge >= 0.3 is 0 Å². The molecular formula is C20H22N2O2. The molecule has 3 N–H and O–H groups in total. The maximum Gasteiger partial charge on any atom is 0.160 e. The Kier molecular flexibility index (Phi) is 3.50. The van der Waals surface area contributed by atoms with Crippen LogP contribution in [0.15, 0.2) is 30.3 Å². The van der Waals surface area contributed by atoms with Crippen molar-refractivity contribution in [3.05, 3.63) is 58.3 Å². The summed E-state index contributed by atoms with van der Waals surface area (Å²) in [4.78, 5) is 3.63. The first-order valence-electron chi connectivity index (χ1n) is 8.30. The zero-order chi connectivity index (χ0) is 16.8. The van der Waals surface area contributed by atoms with Crippen LogP contribution >= 0.6 is 0 Å². The summed E-state index contributed by atoms with van der Waals surface area (Å²) in [6.07, 6.45) is 1.02. The zero-order valence-corrected chi connectivity index (χ0v) is 14.2. The molecule has 1 aromatic heterocycles. The summed E-state index contributed by atoms with van der Waals surface area (Å²) in [5.41, 5.74) is 7.51. The van der Waals surface area contributed by atoms with E-state index in [4.69, 9.17) is 4.74 Å². The van der Waals surface area contributed by atoms with Crippen LogP contribution in [0.3, 0.4) is 0 Å². The highest BCUT2D eigenvalue weighted by atomic mass is 16.5. The number of hydrogen-bond donors (Lipinski definition) is 3. The predicted molar refractivity (Wildman–Crippen MR) is 96.0 cm³/mol. The number of fused-ring (bicyclic) bond motifs is 3. The van der Waals surface area contributed by atoms with Crippen LogP contribution in [0.1, 0.15) is 34.0 Å². The first-order valence-corrected chi connectivity index (χ1v) is 8.30. The summed E-state index contributed by atoms with van der Waals surface area (Å²) in [6, 6.07) is 10.1. The fourth-order valence-electron chi connectivity index (χ4n) is 3.93. The average Bonchev–Trinajstić information content (AvgIpc) is 2.93. The topological polar surface area (TPSA) is 57.3 Å². The van der Waals surface area contributed by atoms with E-state index in [9.17, 15) is 5.11 Å². The molecule has 1 aliphatic heterocycles. The van der Waals surface area contributed by atoms with E-state index in [1.807, 2.05) is 12.1 Å². The fourth-order valence-corrected chi connectivity index (χ4v) is 3.93. The van der Waals surface area contributed by atoms with Crippen molar-refractivity contribution in [3.8, 4) is 11.5 Å². The van der Waals surface area contributed by atoms with E-state index in [0.717, 1.165) is 18.5 Å². The number of aryl methyl sites for hydroxylation is 2. The number of H-pyrrole nitrogens is 1. The molecule has 1 atom stereocenters. The van der Waals surface area contributed by atoms with Crippen molar-refractivity contribution in [3.63, 3.8) is 0 Å². The lowest BCUT2D eigenvalue weighted by molar-refractivity contribution is 0.372. The van der Waals surface area contributed by atoms with Crippen molar-refractivity contribution >= 4 is 10.9 Å².